The second-order valence-electron chi connectivity index (χ2n) is 2.42. The predicted molar refractivity (Wildman–Crippen MR) is 51.4 cm³/mol. The molecular weight excluding hydrogens is 164 g/mol. The van der Waals surface area contributed by atoms with Gasteiger partial charge in [0, 0.05) is 6.54 Å². The van der Waals surface area contributed by atoms with Gasteiger partial charge in [0.25, 0.3) is 0 Å². The van der Waals surface area contributed by atoms with Crippen LogP contribution in [0, 0.1) is 11.3 Å². The molecule has 0 atom stereocenters. The Balaban J connectivity index is 2.71. The van der Waals surface area contributed by atoms with Crippen LogP contribution in [0.1, 0.15) is 5.56 Å². The molecule has 0 saturated heterocycles. The largest absolute Gasteiger partial charge is 0.516 e. The van der Waals surface area contributed by atoms with Gasteiger partial charge in [-0.15, -0.1) is 0 Å². The van der Waals surface area contributed by atoms with Crippen molar-refractivity contribution < 1.29 is 5.11 Å². The van der Waals surface area contributed by atoms with Crippen LogP contribution in [0.2, 0.25) is 0 Å². The molecule has 0 radical (unpaired) electrons. The normalized spacial score (nSPS) is 9.77. The molecule has 0 aromatic heterocycles. The first-order valence-electron chi connectivity index (χ1n) is 3.90. The number of rotatable bonds is 3. The van der Waals surface area contributed by atoms with Crippen LogP contribution in [0.5, 0.6) is 0 Å². The molecule has 66 valence electrons. The number of aliphatic hydroxyl groups is 1. The van der Waals surface area contributed by atoms with Gasteiger partial charge >= 0.3 is 0 Å². The molecule has 0 fully saturated rings. The number of nitrogens with one attached hydrogen (secondary N) is 1. The summed E-state index contributed by atoms with van der Waals surface area (Å²) in [7, 11) is 0. The van der Waals surface area contributed by atoms with Gasteiger partial charge in [0.1, 0.15) is 6.07 Å². The average Bonchev–Trinajstić information content (AvgIpc) is 2.19. The topological polar surface area (TPSA) is 56.0 Å². The number of benzene rings is 1. The molecule has 0 amide bonds. The first kappa shape index (κ1) is 9.14. The van der Waals surface area contributed by atoms with Crippen LogP contribution in [-0.2, 0) is 0 Å². The number of hydrogen-bond acceptors (Lipinski definition) is 3. The Morgan fingerprint density at radius 2 is 2.23 bits per heavy atom. The van der Waals surface area contributed by atoms with Crippen molar-refractivity contribution in [2.45, 2.75) is 0 Å². The molecule has 0 heterocycles. The quantitative estimate of drug-likeness (QED) is 0.689. The molecule has 0 aliphatic rings. The van der Waals surface area contributed by atoms with E-state index in [1.54, 1.807) is 12.1 Å². The Labute approximate surface area is 76.9 Å². The number of nitriles is 1. The lowest BCUT2D eigenvalue weighted by molar-refractivity contribution is 0.472. The van der Waals surface area contributed by atoms with Gasteiger partial charge in [0.05, 0.1) is 17.5 Å². The summed E-state index contributed by atoms with van der Waals surface area (Å²) in [6.07, 6.45) is 2.54. The highest BCUT2D eigenvalue weighted by Gasteiger charge is 1.96. The van der Waals surface area contributed by atoms with Gasteiger partial charge in [-0.2, -0.15) is 5.26 Å². The van der Waals surface area contributed by atoms with E-state index in [9.17, 15) is 0 Å². The summed E-state index contributed by atoms with van der Waals surface area (Å²) in [4.78, 5) is 0. The Hall–Kier alpha value is -1.95. The number of aliphatic hydroxyl groups excluding tert-OH is 1. The minimum Gasteiger partial charge on any atom is -0.516 e. The lowest BCUT2D eigenvalue weighted by atomic mass is 10.2. The standard InChI is InChI=1S/C10H10N2O/c11-8-9-4-1-2-5-10(9)12-6-3-7-13/h1-5,7,12-13H,6H2. The number of hydrogen-bond donors (Lipinski definition) is 2. The van der Waals surface area contributed by atoms with Gasteiger partial charge in [-0.25, -0.2) is 0 Å². The van der Waals surface area contributed by atoms with E-state index < -0.39 is 0 Å². The Morgan fingerprint density at radius 3 is 2.92 bits per heavy atom. The smallest absolute Gasteiger partial charge is 0.101 e. The van der Waals surface area contributed by atoms with E-state index in [4.69, 9.17) is 10.4 Å². The molecule has 0 saturated carbocycles. The lowest BCUT2D eigenvalue weighted by Gasteiger charge is -2.03. The molecule has 1 aromatic rings. The first-order chi connectivity index (χ1) is 6.38. The fraction of sp³-hybridized carbons (Fsp3) is 0.100. The SMILES string of the molecule is N#Cc1ccccc1NCC=CO. The van der Waals surface area contributed by atoms with E-state index in [-0.39, 0.29) is 0 Å². The molecule has 1 rings (SSSR count). The fourth-order valence-corrected chi connectivity index (χ4v) is 0.956. The second-order valence-corrected chi connectivity index (χ2v) is 2.42. The summed E-state index contributed by atoms with van der Waals surface area (Å²) in [5.74, 6) is 0. The molecule has 0 bridgehead atoms. The summed E-state index contributed by atoms with van der Waals surface area (Å²) >= 11 is 0. The van der Waals surface area contributed by atoms with Crippen molar-refractivity contribution in [3.63, 3.8) is 0 Å². The highest BCUT2D eigenvalue weighted by atomic mass is 16.2. The van der Waals surface area contributed by atoms with E-state index in [0.717, 1.165) is 11.9 Å². The molecule has 2 N–H and O–H groups in total. The summed E-state index contributed by atoms with van der Waals surface area (Å²) < 4.78 is 0. The van der Waals surface area contributed by atoms with E-state index in [2.05, 4.69) is 11.4 Å². The maximum Gasteiger partial charge on any atom is 0.101 e. The van der Waals surface area contributed by atoms with Crippen LogP contribution in [0.3, 0.4) is 0 Å². The van der Waals surface area contributed by atoms with Crippen molar-refractivity contribution in [2.75, 3.05) is 11.9 Å². The summed E-state index contributed by atoms with van der Waals surface area (Å²) in [6, 6.07) is 9.30. The van der Waals surface area contributed by atoms with Gasteiger partial charge < -0.3 is 10.4 Å². The Morgan fingerprint density at radius 1 is 1.46 bits per heavy atom. The molecular formula is C10H10N2O. The van der Waals surface area contributed by atoms with Crippen LogP contribution in [0.15, 0.2) is 36.6 Å². The zero-order valence-corrected chi connectivity index (χ0v) is 7.07. The lowest BCUT2D eigenvalue weighted by Crippen LogP contribution is -1.99. The van der Waals surface area contributed by atoms with Crippen LogP contribution in [0.4, 0.5) is 5.69 Å². The van der Waals surface area contributed by atoms with Crippen LogP contribution in [-0.4, -0.2) is 11.7 Å². The van der Waals surface area contributed by atoms with Gasteiger partial charge in [-0.1, -0.05) is 12.1 Å². The number of nitrogens with zero attached hydrogens (tertiary/aromatic N) is 1. The predicted octanol–water partition coefficient (Wildman–Crippen LogP) is 2.04. The molecule has 1 aromatic carbocycles. The monoisotopic (exact) mass is 174 g/mol. The van der Waals surface area contributed by atoms with Crippen molar-refractivity contribution in [1.82, 2.24) is 0 Å². The highest BCUT2D eigenvalue weighted by molar-refractivity contribution is 5.57. The number of para-hydroxylation sites is 1. The summed E-state index contributed by atoms with van der Waals surface area (Å²) in [5, 5.41) is 20.1. The van der Waals surface area contributed by atoms with Crippen LogP contribution < -0.4 is 5.32 Å². The van der Waals surface area contributed by atoms with E-state index >= 15 is 0 Å². The third kappa shape index (κ3) is 2.53. The van der Waals surface area contributed by atoms with Crippen LogP contribution >= 0.6 is 0 Å². The van der Waals surface area contributed by atoms with Crippen molar-refractivity contribution in [1.29, 1.82) is 5.26 Å². The molecule has 0 aliphatic heterocycles. The van der Waals surface area contributed by atoms with Crippen molar-refractivity contribution >= 4 is 5.69 Å². The molecule has 0 aliphatic carbocycles. The maximum absolute atomic E-state index is 8.72. The molecule has 3 nitrogen and oxygen atoms in total. The molecule has 13 heavy (non-hydrogen) atoms. The van der Waals surface area contributed by atoms with E-state index in [1.807, 2.05) is 18.2 Å². The second kappa shape index (κ2) is 4.83. The minimum absolute atomic E-state index is 0.509. The van der Waals surface area contributed by atoms with E-state index in [1.165, 1.54) is 0 Å². The third-order valence-electron chi connectivity index (χ3n) is 1.56. The molecule has 3 heteroatoms. The first-order valence-corrected chi connectivity index (χ1v) is 3.90. The van der Waals surface area contributed by atoms with Gasteiger partial charge in [0.15, 0.2) is 0 Å². The third-order valence-corrected chi connectivity index (χ3v) is 1.56. The zero-order valence-electron chi connectivity index (χ0n) is 7.07. The highest BCUT2D eigenvalue weighted by Crippen LogP contribution is 2.12. The van der Waals surface area contributed by atoms with Gasteiger partial charge in [-0.3, -0.25) is 0 Å². The van der Waals surface area contributed by atoms with Crippen molar-refractivity contribution in [3.05, 3.63) is 42.2 Å². The fourth-order valence-electron chi connectivity index (χ4n) is 0.956. The summed E-state index contributed by atoms with van der Waals surface area (Å²) in [5.41, 5.74) is 1.39. The van der Waals surface area contributed by atoms with Crippen molar-refractivity contribution in [2.24, 2.45) is 0 Å². The van der Waals surface area contributed by atoms with Gasteiger partial charge in [0.2, 0.25) is 0 Å². The number of anilines is 1. The minimum atomic E-state index is 0.509. The summed E-state index contributed by atoms with van der Waals surface area (Å²) in [6.45, 7) is 0.509. The molecule has 0 spiro atoms. The zero-order chi connectivity index (χ0) is 9.52. The maximum atomic E-state index is 8.72. The Kier molecular flexibility index (Phi) is 3.40. The van der Waals surface area contributed by atoms with Gasteiger partial charge in [-0.05, 0) is 18.2 Å². The molecule has 0 unspecified atom stereocenters. The van der Waals surface area contributed by atoms with Crippen molar-refractivity contribution in [3.8, 4) is 6.07 Å². The van der Waals surface area contributed by atoms with Crippen LogP contribution in [0.25, 0.3) is 0 Å². The Bertz CT molecular complexity index is 339. The van der Waals surface area contributed by atoms with E-state index in [0.29, 0.717) is 12.1 Å². The average molecular weight is 174 g/mol.